The quantitative estimate of drug-likeness (QED) is 0.728. The standard InChI is InChI=1S/C16H14Br2FNO/c1-2-15(10-3-6-12(17)7-4-10)20-16(21)11-5-8-13(18)14(19)9-11/h3-9,15H,2H2,1H3,(H,20,21). The van der Waals surface area contributed by atoms with Crippen LogP contribution in [0.2, 0.25) is 0 Å². The second-order valence-corrected chi connectivity index (χ2v) is 6.38. The zero-order chi connectivity index (χ0) is 15.4. The highest BCUT2D eigenvalue weighted by Crippen LogP contribution is 2.21. The molecule has 0 spiro atoms. The van der Waals surface area contributed by atoms with E-state index in [1.54, 1.807) is 6.07 Å². The van der Waals surface area contributed by atoms with Gasteiger partial charge in [0.25, 0.3) is 5.91 Å². The largest absolute Gasteiger partial charge is 0.345 e. The number of halogens is 3. The molecule has 0 aliphatic rings. The first-order valence-electron chi connectivity index (χ1n) is 6.52. The molecule has 110 valence electrons. The van der Waals surface area contributed by atoms with Crippen molar-refractivity contribution in [1.29, 1.82) is 0 Å². The number of carbonyl (C=O) groups excluding carboxylic acids is 1. The molecule has 0 bridgehead atoms. The number of hydrogen-bond donors (Lipinski definition) is 1. The van der Waals surface area contributed by atoms with E-state index in [-0.39, 0.29) is 11.9 Å². The van der Waals surface area contributed by atoms with Crippen LogP contribution in [0.15, 0.2) is 51.4 Å². The minimum atomic E-state index is -0.445. The molecule has 1 amide bonds. The van der Waals surface area contributed by atoms with Gasteiger partial charge in [0.15, 0.2) is 0 Å². The van der Waals surface area contributed by atoms with Crippen molar-refractivity contribution in [3.8, 4) is 0 Å². The van der Waals surface area contributed by atoms with Crippen LogP contribution in [0.5, 0.6) is 0 Å². The van der Waals surface area contributed by atoms with Crippen molar-refractivity contribution in [2.24, 2.45) is 0 Å². The third-order valence-corrected chi connectivity index (χ3v) is 4.34. The highest BCUT2D eigenvalue weighted by atomic mass is 79.9. The molecule has 0 saturated heterocycles. The molecule has 0 saturated carbocycles. The Kier molecular flexibility index (Phi) is 5.53. The van der Waals surface area contributed by atoms with E-state index in [4.69, 9.17) is 0 Å². The van der Waals surface area contributed by atoms with Gasteiger partial charge in [0, 0.05) is 10.0 Å². The number of nitrogens with one attached hydrogen (secondary N) is 1. The molecular weight excluding hydrogens is 401 g/mol. The summed E-state index contributed by atoms with van der Waals surface area (Å²) in [6.45, 7) is 2.00. The van der Waals surface area contributed by atoms with Gasteiger partial charge in [0.05, 0.1) is 10.5 Å². The van der Waals surface area contributed by atoms with E-state index in [9.17, 15) is 9.18 Å². The van der Waals surface area contributed by atoms with E-state index in [1.165, 1.54) is 12.1 Å². The van der Waals surface area contributed by atoms with Gasteiger partial charge >= 0.3 is 0 Å². The van der Waals surface area contributed by atoms with Crippen molar-refractivity contribution in [3.05, 3.63) is 68.4 Å². The third kappa shape index (κ3) is 4.14. The van der Waals surface area contributed by atoms with Crippen LogP contribution in [-0.4, -0.2) is 5.91 Å². The average Bonchev–Trinajstić information content (AvgIpc) is 2.48. The minimum Gasteiger partial charge on any atom is -0.345 e. The van der Waals surface area contributed by atoms with Crippen LogP contribution in [0.3, 0.4) is 0 Å². The molecule has 2 aromatic rings. The lowest BCUT2D eigenvalue weighted by molar-refractivity contribution is 0.0935. The highest BCUT2D eigenvalue weighted by molar-refractivity contribution is 9.10. The van der Waals surface area contributed by atoms with Gasteiger partial charge in [-0.15, -0.1) is 0 Å². The Balaban J connectivity index is 2.15. The molecule has 5 heteroatoms. The summed E-state index contributed by atoms with van der Waals surface area (Å²) >= 11 is 6.46. The molecule has 2 aromatic carbocycles. The van der Waals surface area contributed by atoms with Crippen LogP contribution < -0.4 is 5.32 Å². The smallest absolute Gasteiger partial charge is 0.251 e. The van der Waals surface area contributed by atoms with Gasteiger partial charge in [-0.2, -0.15) is 0 Å². The van der Waals surface area contributed by atoms with Crippen molar-refractivity contribution in [3.63, 3.8) is 0 Å². The molecular formula is C16H14Br2FNO. The molecule has 1 unspecified atom stereocenters. The van der Waals surface area contributed by atoms with Crippen LogP contribution >= 0.6 is 31.9 Å². The first-order valence-corrected chi connectivity index (χ1v) is 8.11. The Hall–Kier alpha value is -1.20. The lowest BCUT2D eigenvalue weighted by Crippen LogP contribution is -2.28. The zero-order valence-corrected chi connectivity index (χ0v) is 14.5. The Bertz CT molecular complexity index is 643. The molecule has 0 aliphatic heterocycles. The van der Waals surface area contributed by atoms with Gasteiger partial charge in [0.1, 0.15) is 5.82 Å². The summed E-state index contributed by atoms with van der Waals surface area (Å²) in [4.78, 5) is 12.2. The zero-order valence-electron chi connectivity index (χ0n) is 11.4. The summed E-state index contributed by atoms with van der Waals surface area (Å²) in [5, 5.41) is 2.93. The molecule has 1 N–H and O–H groups in total. The van der Waals surface area contributed by atoms with Crippen molar-refractivity contribution >= 4 is 37.8 Å². The molecule has 0 aromatic heterocycles. The van der Waals surface area contributed by atoms with E-state index in [1.807, 2.05) is 31.2 Å². The van der Waals surface area contributed by atoms with Crippen molar-refractivity contribution < 1.29 is 9.18 Å². The summed E-state index contributed by atoms with van der Waals surface area (Å²) in [5.41, 5.74) is 1.33. The number of carbonyl (C=O) groups is 1. The maximum atomic E-state index is 13.5. The number of hydrogen-bond acceptors (Lipinski definition) is 1. The molecule has 0 fully saturated rings. The first kappa shape index (κ1) is 16.2. The van der Waals surface area contributed by atoms with Crippen LogP contribution in [0.1, 0.15) is 35.3 Å². The van der Waals surface area contributed by atoms with E-state index in [0.717, 1.165) is 16.5 Å². The fourth-order valence-electron chi connectivity index (χ4n) is 2.00. The fraction of sp³-hybridized carbons (Fsp3) is 0.188. The van der Waals surface area contributed by atoms with Crippen molar-refractivity contribution in [1.82, 2.24) is 5.32 Å². The Morgan fingerprint density at radius 1 is 1.19 bits per heavy atom. The maximum absolute atomic E-state index is 13.5. The lowest BCUT2D eigenvalue weighted by atomic mass is 10.0. The maximum Gasteiger partial charge on any atom is 0.251 e. The average molecular weight is 415 g/mol. The number of amides is 1. The first-order chi connectivity index (χ1) is 10.0. The van der Waals surface area contributed by atoms with Gasteiger partial charge < -0.3 is 5.32 Å². The van der Waals surface area contributed by atoms with E-state index in [2.05, 4.69) is 37.2 Å². The van der Waals surface area contributed by atoms with Gasteiger partial charge in [-0.3, -0.25) is 4.79 Å². The van der Waals surface area contributed by atoms with Crippen LogP contribution in [-0.2, 0) is 0 Å². The molecule has 21 heavy (non-hydrogen) atoms. The monoisotopic (exact) mass is 413 g/mol. The van der Waals surface area contributed by atoms with E-state index < -0.39 is 5.82 Å². The SMILES string of the molecule is CCC(NC(=O)c1ccc(Br)c(F)c1)c1ccc(Br)cc1. The van der Waals surface area contributed by atoms with Gasteiger partial charge in [-0.25, -0.2) is 4.39 Å². The van der Waals surface area contributed by atoms with Crippen molar-refractivity contribution in [2.45, 2.75) is 19.4 Å². The molecule has 2 nitrogen and oxygen atoms in total. The second kappa shape index (κ2) is 7.18. The molecule has 0 radical (unpaired) electrons. The van der Waals surface area contributed by atoms with Crippen LogP contribution in [0.4, 0.5) is 4.39 Å². The third-order valence-electron chi connectivity index (χ3n) is 3.17. The second-order valence-electron chi connectivity index (χ2n) is 4.61. The minimum absolute atomic E-state index is 0.0997. The molecule has 0 aliphatic carbocycles. The van der Waals surface area contributed by atoms with Crippen LogP contribution in [0.25, 0.3) is 0 Å². The van der Waals surface area contributed by atoms with Gasteiger partial charge in [-0.05, 0) is 58.2 Å². The van der Waals surface area contributed by atoms with Gasteiger partial charge in [-0.1, -0.05) is 35.0 Å². The topological polar surface area (TPSA) is 29.1 Å². The Labute approximate surface area is 140 Å². The number of rotatable bonds is 4. The van der Waals surface area contributed by atoms with Crippen molar-refractivity contribution in [2.75, 3.05) is 0 Å². The predicted octanol–water partition coefficient (Wildman–Crippen LogP) is 5.23. The van der Waals surface area contributed by atoms with E-state index >= 15 is 0 Å². The van der Waals surface area contributed by atoms with Crippen LogP contribution in [0, 0.1) is 5.82 Å². The molecule has 0 heterocycles. The predicted molar refractivity (Wildman–Crippen MR) is 88.7 cm³/mol. The number of benzene rings is 2. The Morgan fingerprint density at radius 2 is 1.86 bits per heavy atom. The van der Waals surface area contributed by atoms with E-state index in [0.29, 0.717) is 10.0 Å². The lowest BCUT2D eigenvalue weighted by Gasteiger charge is -2.17. The highest BCUT2D eigenvalue weighted by Gasteiger charge is 2.15. The molecule has 1 atom stereocenters. The fourth-order valence-corrected chi connectivity index (χ4v) is 2.51. The normalized spacial score (nSPS) is 12.0. The summed E-state index contributed by atoms with van der Waals surface area (Å²) in [5.74, 6) is -0.726. The summed E-state index contributed by atoms with van der Waals surface area (Å²) in [6, 6.07) is 12.0. The Morgan fingerprint density at radius 3 is 2.43 bits per heavy atom. The summed E-state index contributed by atoms with van der Waals surface area (Å²) in [7, 11) is 0. The van der Waals surface area contributed by atoms with Gasteiger partial charge in [0.2, 0.25) is 0 Å². The summed E-state index contributed by atoms with van der Waals surface area (Å²) < 4.78 is 14.8. The summed E-state index contributed by atoms with van der Waals surface area (Å²) in [6.07, 6.45) is 0.756. The molecule has 2 rings (SSSR count).